The molecule has 0 aliphatic carbocycles. The van der Waals surface area contributed by atoms with Crippen molar-refractivity contribution in [2.75, 3.05) is 6.61 Å². The van der Waals surface area contributed by atoms with Crippen LogP contribution in [0, 0.1) is 11.6 Å². The molecule has 0 aromatic heterocycles. The maximum atomic E-state index is 13.9. The Morgan fingerprint density at radius 3 is 2.48 bits per heavy atom. The summed E-state index contributed by atoms with van der Waals surface area (Å²) in [6, 6.07) is 0.485. The molecule has 0 spiro atoms. The summed E-state index contributed by atoms with van der Waals surface area (Å²) in [4.78, 5) is 22.8. The van der Waals surface area contributed by atoms with E-state index >= 15 is 0 Å². The zero-order valence-electron chi connectivity index (χ0n) is 10.6. The molecular weight excluding hydrogens is 364 g/mol. The predicted octanol–water partition coefficient (Wildman–Crippen LogP) is 3.46. The first-order valence-electron chi connectivity index (χ1n) is 5.59. The van der Waals surface area contributed by atoms with Crippen molar-refractivity contribution in [3.8, 4) is 5.75 Å². The molecule has 0 aliphatic rings. The average molecular weight is 373 g/mol. The van der Waals surface area contributed by atoms with Gasteiger partial charge in [0.2, 0.25) is 0 Å². The molecule has 1 aromatic rings. The number of benzene rings is 1. The molecule has 0 N–H and O–H groups in total. The van der Waals surface area contributed by atoms with Gasteiger partial charge in [0.05, 0.1) is 16.6 Å². The number of rotatable bonds is 6. The van der Waals surface area contributed by atoms with Crippen LogP contribution in [0.5, 0.6) is 5.75 Å². The van der Waals surface area contributed by atoms with E-state index in [1.807, 2.05) is 0 Å². The summed E-state index contributed by atoms with van der Waals surface area (Å²) in [6.45, 7) is -1.91. The fourth-order valence-electron chi connectivity index (χ4n) is 1.41. The van der Waals surface area contributed by atoms with Gasteiger partial charge in [0.25, 0.3) is 0 Å². The number of hydrogen-bond acceptors (Lipinski definition) is 4. The molecule has 0 saturated carbocycles. The van der Waals surface area contributed by atoms with E-state index in [-0.39, 0.29) is 6.61 Å². The van der Waals surface area contributed by atoms with Crippen LogP contribution in [0.3, 0.4) is 0 Å². The summed E-state index contributed by atoms with van der Waals surface area (Å²) >= 11 is 2.54. The van der Waals surface area contributed by atoms with Gasteiger partial charge < -0.3 is 9.47 Å². The Bertz CT molecular complexity index is 563. The van der Waals surface area contributed by atoms with E-state index in [4.69, 9.17) is 0 Å². The molecule has 0 heterocycles. The minimum atomic E-state index is -3.41. The maximum absolute atomic E-state index is 13.9. The lowest BCUT2D eigenvalue weighted by Crippen LogP contribution is -2.14. The van der Waals surface area contributed by atoms with Crippen molar-refractivity contribution in [1.29, 1.82) is 0 Å². The first kappa shape index (κ1) is 17.4. The van der Waals surface area contributed by atoms with Gasteiger partial charge in [0.1, 0.15) is 12.2 Å². The van der Waals surface area contributed by atoms with Gasteiger partial charge in [-0.25, -0.2) is 8.78 Å². The quantitative estimate of drug-likeness (QED) is 0.252. The van der Waals surface area contributed by atoms with Crippen LogP contribution in [0.2, 0.25) is 0 Å². The van der Waals surface area contributed by atoms with Crippen LogP contribution in [0.25, 0.3) is 0 Å². The molecule has 0 aliphatic heterocycles. The highest BCUT2D eigenvalue weighted by molar-refractivity contribution is 9.10. The third kappa shape index (κ3) is 4.42. The summed E-state index contributed by atoms with van der Waals surface area (Å²) in [5.41, 5.74) is -0.876. The van der Waals surface area contributed by atoms with Crippen molar-refractivity contribution in [1.82, 2.24) is 0 Å². The van der Waals surface area contributed by atoms with Gasteiger partial charge in [-0.1, -0.05) is 0 Å². The van der Waals surface area contributed by atoms with Gasteiger partial charge in [-0.3, -0.25) is 9.59 Å². The van der Waals surface area contributed by atoms with Crippen LogP contribution in [-0.4, -0.2) is 25.0 Å². The summed E-state index contributed by atoms with van der Waals surface area (Å²) in [5, 5.41) is 0. The van der Waals surface area contributed by atoms with E-state index in [9.17, 15) is 27.2 Å². The SMILES string of the molecule is CCOC(=O)CC(=O)c1cc(F)c(Br)c(OC(F)F)c1F. The molecule has 116 valence electrons. The van der Waals surface area contributed by atoms with Crippen molar-refractivity contribution in [3.63, 3.8) is 0 Å². The maximum Gasteiger partial charge on any atom is 0.387 e. The normalized spacial score (nSPS) is 10.6. The molecule has 0 amide bonds. The fourth-order valence-corrected chi connectivity index (χ4v) is 1.80. The Kier molecular flexibility index (Phi) is 6.13. The summed E-state index contributed by atoms with van der Waals surface area (Å²) in [6.07, 6.45) is -0.847. The number of ketones is 1. The molecule has 0 atom stereocenters. The largest absolute Gasteiger partial charge is 0.466 e. The highest BCUT2D eigenvalue weighted by atomic mass is 79.9. The molecule has 9 heteroatoms. The summed E-state index contributed by atoms with van der Waals surface area (Å²) in [7, 11) is 0. The van der Waals surface area contributed by atoms with Gasteiger partial charge in [0, 0.05) is 0 Å². The number of halogens is 5. The first-order chi connectivity index (χ1) is 9.77. The zero-order valence-corrected chi connectivity index (χ0v) is 12.2. The lowest BCUT2D eigenvalue weighted by atomic mass is 10.1. The van der Waals surface area contributed by atoms with E-state index in [1.165, 1.54) is 6.92 Å². The molecule has 0 fully saturated rings. The third-order valence-corrected chi connectivity index (χ3v) is 2.97. The van der Waals surface area contributed by atoms with Crippen molar-refractivity contribution in [3.05, 3.63) is 27.7 Å². The number of hydrogen-bond donors (Lipinski definition) is 0. The first-order valence-corrected chi connectivity index (χ1v) is 6.38. The summed E-state index contributed by atoms with van der Waals surface area (Å²) in [5.74, 6) is -5.87. The topological polar surface area (TPSA) is 52.6 Å². The number of Topliss-reactive ketones (excluding diaryl/α,β-unsaturated/α-hetero) is 1. The molecule has 0 radical (unpaired) electrons. The van der Waals surface area contributed by atoms with E-state index < -0.39 is 52.2 Å². The number of esters is 1. The van der Waals surface area contributed by atoms with Crippen LogP contribution in [-0.2, 0) is 9.53 Å². The Morgan fingerprint density at radius 1 is 1.33 bits per heavy atom. The number of alkyl halides is 2. The zero-order chi connectivity index (χ0) is 16.2. The van der Waals surface area contributed by atoms with Crippen LogP contribution in [0.1, 0.15) is 23.7 Å². The molecular formula is C12H9BrF4O4. The van der Waals surface area contributed by atoms with Gasteiger partial charge in [-0.15, -0.1) is 0 Å². The van der Waals surface area contributed by atoms with Crippen molar-refractivity contribution in [2.45, 2.75) is 20.0 Å². The van der Waals surface area contributed by atoms with E-state index in [0.717, 1.165) is 0 Å². The van der Waals surface area contributed by atoms with Crippen molar-refractivity contribution < 1.29 is 36.6 Å². The van der Waals surface area contributed by atoms with E-state index in [1.54, 1.807) is 0 Å². The third-order valence-electron chi connectivity index (χ3n) is 2.23. The second-order valence-corrected chi connectivity index (χ2v) is 4.44. The second-order valence-electron chi connectivity index (χ2n) is 3.65. The lowest BCUT2D eigenvalue weighted by molar-refractivity contribution is -0.141. The minimum Gasteiger partial charge on any atom is -0.466 e. The Labute approximate surface area is 125 Å². The number of carbonyl (C=O) groups is 2. The van der Waals surface area contributed by atoms with Gasteiger partial charge in [-0.2, -0.15) is 8.78 Å². The molecule has 0 saturated heterocycles. The number of ether oxygens (including phenoxy) is 2. The Morgan fingerprint density at radius 2 is 1.95 bits per heavy atom. The lowest BCUT2D eigenvalue weighted by Gasteiger charge is -2.11. The van der Waals surface area contributed by atoms with E-state index in [2.05, 4.69) is 25.4 Å². The molecule has 0 unspecified atom stereocenters. The monoisotopic (exact) mass is 372 g/mol. The average Bonchev–Trinajstić information content (AvgIpc) is 2.38. The predicted molar refractivity (Wildman–Crippen MR) is 66.3 cm³/mol. The molecule has 0 bridgehead atoms. The van der Waals surface area contributed by atoms with Crippen LogP contribution in [0.4, 0.5) is 17.6 Å². The Balaban J connectivity index is 3.16. The molecule has 1 rings (SSSR count). The fraction of sp³-hybridized carbons (Fsp3) is 0.333. The van der Waals surface area contributed by atoms with Crippen molar-refractivity contribution >= 4 is 27.7 Å². The van der Waals surface area contributed by atoms with Crippen LogP contribution < -0.4 is 4.74 Å². The van der Waals surface area contributed by atoms with Gasteiger partial charge in [-0.05, 0) is 28.9 Å². The smallest absolute Gasteiger partial charge is 0.387 e. The highest BCUT2D eigenvalue weighted by Gasteiger charge is 2.25. The van der Waals surface area contributed by atoms with Gasteiger partial charge >= 0.3 is 12.6 Å². The summed E-state index contributed by atoms with van der Waals surface area (Å²) < 4.78 is 59.4. The standard InChI is InChI=1S/C12H9BrF4O4/c1-2-20-8(19)4-7(18)5-3-6(14)9(13)11(10(5)15)21-12(16)17/h3,12H,2,4H2,1H3. The highest BCUT2D eigenvalue weighted by Crippen LogP contribution is 2.34. The van der Waals surface area contributed by atoms with Gasteiger partial charge in [0.15, 0.2) is 17.3 Å². The number of carbonyl (C=O) groups excluding carboxylic acids is 2. The second kappa shape index (κ2) is 7.39. The molecule has 4 nitrogen and oxygen atoms in total. The Hall–Kier alpha value is -1.64. The molecule has 1 aromatic carbocycles. The van der Waals surface area contributed by atoms with E-state index in [0.29, 0.717) is 6.07 Å². The van der Waals surface area contributed by atoms with Crippen molar-refractivity contribution in [2.24, 2.45) is 0 Å². The van der Waals surface area contributed by atoms with Crippen LogP contribution >= 0.6 is 15.9 Å². The molecule has 21 heavy (non-hydrogen) atoms. The minimum absolute atomic E-state index is 0.00301. The van der Waals surface area contributed by atoms with Crippen LogP contribution in [0.15, 0.2) is 10.5 Å².